The molecule has 3 unspecified atom stereocenters. The Morgan fingerprint density at radius 3 is 2.12 bits per heavy atom. The van der Waals surface area contributed by atoms with Crippen LogP contribution in [0.1, 0.15) is 44.9 Å². The molecular formula is C13H31P3Si. The summed E-state index contributed by atoms with van der Waals surface area (Å²) >= 11 is 0. The highest BCUT2D eigenvalue weighted by Crippen LogP contribution is 2.66. The lowest BCUT2D eigenvalue weighted by atomic mass is 10.1. The van der Waals surface area contributed by atoms with E-state index in [9.17, 15) is 0 Å². The summed E-state index contributed by atoms with van der Waals surface area (Å²) in [5, 5.41) is 0. The molecule has 1 heterocycles. The second kappa shape index (κ2) is 9.42. The number of rotatable bonds is 2. The summed E-state index contributed by atoms with van der Waals surface area (Å²) in [5.41, 5.74) is 0. The highest BCUT2D eigenvalue weighted by Gasteiger charge is 2.19. The first kappa shape index (κ1) is 16.6. The predicted octanol–water partition coefficient (Wildman–Crippen LogP) is 6.28. The van der Waals surface area contributed by atoms with Crippen LogP contribution in [0, 0.1) is 0 Å². The van der Waals surface area contributed by atoms with Gasteiger partial charge in [-0.25, -0.2) is 0 Å². The van der Waals surface area contributed by atoms with Gasteiger partial charge in [0.15, 0.2) is 0 Å². The van der Waals surface area contributed by atoms with Crippen molar-refractivity contribution in [2.24, 2.45) is 0 Å². The third-order valence-electron chi connectivity index (χ3n) is 3.13. The molecule has 0 aromatic carbocycles. The summed E-state index contributed by atoms with van der Waals surface area (Å²) < 4.78 is 0. The zero-order valence-electron chi connectivity index (χ0n) is 12.0. The molecule has 1 aliphatic heterocycles. The normalized spacial score (nSPS) is 28.8. The van der Waals surface area contributed by atoms with Gasteiger partial charge in [0.2, 0.25) is 0 Å². The molecule has 0 spiro atoms. The SMILES string of the molecule is C[Si](C)(C)CP1CCCCCCCCCPP1. The minimum Gasteiger partial charge on any atom is -0.0948 e. The minimum atomic E-state index is -0.795. The summed E-state index contributed by atoms with van der Waals surface area (Å²) in [5.74, 6) is 1.66. The molecule has 0 aliphatic carbocycles. The maximum atomic E-state index is 2.57. The van der Waals surface area contributed by atoms with E-state index in [4.69, 9.17) is 0 Å². The lowest BCUT2D eigenvalue weighted by molar-refractivity contribution is 0.605. The van der Waals surface area contributed by atoms with Gasteiger partial charge in [0, 0.05) is 8.07 Å². The van der Waals surface area contributed by atoms with Crippen molar-refractivity contribution in [1.82, 2.24) is 0 Å². The van der Waals surface area contributed by atoms with Crippen LogP contribution in [-0.2, 0) is 0 Å². The fourth-order valence-corrected chi connectivity index (χ4v) is 22.8. The lowest BCUT2D eigenvalue weighted by Gasteiger charge is -2.25. The van der Waals surface area contributed by atoms with E-state index < -0.39 is 8.07 Å². The smallest absolute Gasteiger partial charge is 0.0489 e. The number of hydrogen-bond donors (Lipinski definition) is 0. The molecule has 4 heteroatoms. The molecule has 0 bridgehead atoms. The number of hydrogen-bond acceptors (Lipinski definition) is 0. The summed E-state index contributed by atoms with van der Waals surface area (Å²) in [6, 6.07) is 0. The second-order valence-electron chi connectivity index (χ2n) is 6.50. The molecule has 0 aromatic rings. The van der Waals surface area contributed by atoms with Crippen molar-refractivity contribution < 1.29 is 0 Å². The first-order valence-electron chi connectivity index (χ1n) is 7.31. The molecule has 0 saturated carbocycles. The van der Waals surface area contributed by atoms with Gasteiger partial charge in [-0.05, 0) is 31.0 Å². The van der Waals surface area contributed by atoms with Crippen LogP contribution in [0.3, 0.4) is 0 Å². The van der Waals surface area contributed by atoms with Gasteiger partial charge in [0.1, 0.15) is 0 Å². The Labute approximate surface area is 115 Å². The average Bonchev–Trinajstić information content (AvgIpc) is 2.20. The van der Waals surface area contributed by atoms with Gasteiger partial charge in [-0.15, -0.1) is 0 Å². The van der Waals surface area contributed by atoms with Crippen LogP contribution in [0.25, 0.3) is 0 Å². The van der Waals surface area contributed by atoms with Gasteiger partial charge in [-0.3, -0.25) is 0 Å². The average molecular weight is 308 g/mol. The Bertz CT molecular complexity index is 180. The van der Waals surface area contributed by atoms with Crippen LogP contribution >= 0.6 is 23.8 Å². The van der Waals surface area contributed by atoms with E-state index in [1.54, 1.807) is 24.5 Å². The summed E-state index contributed by atoms with van der Waals surface area (Å²) in [6.07, 6.45) is 13.8. The van der Waals surface area contributed by atoms with E-state index >= 15 is 0 Å². The molecule has 0 radical (unpaired) electrons. The lowest BCUT2D eigenvalue weighted by Crippen LogP contribution is -2.24. The Hall–Kier alpha value is 1.51. The molecule has 0 amide bonds. The van der Waals surface area contributed by atoms with E-state index in [0.29, 0.717) is 7.61 Å². The molecule has 17 heavy (non-hydrogen) atoms. The standard InChI is InChI=1S/C13H31P3Si/c1-17(2,3)13-16-12-10-8-6-4-5-7-9-11-14-15-16/h14-15H,4-13H2,1-3H3. The zero-order chi connectivity index (χ0) is 12.6. The van der Waals surface area contributed by atoms with Crippen LogP contribution in [-0.4, -0.2) is 26.2 Å². The van der Waals surface area contributed by atoms with Crippen molar-refractivity contribution in [3.05, 3.63) is 0 Å². The van der Waals surface area contributed by atoms with E-state index in [1.807, 2.05) is 0 Å². The van der Waals surface area contributed by atoms with Gasteiger partial charge < -0.3 is 0 Å². The Morgan fingerprint density at radius 1 is 0.882 bits per heavy atom. The Balaban J connectivity index is 2.32. The van der Waals surface area contributed by atoms with E-state index in [0.717, 1.165) is 0 Å². The van der Waals surface area contributed by atoms with Gasteiger partial charge in [-0.1, -0.05) is 75.6 Å². The van der Waals surface area contributed by atoms with Crippen LogP contribution in [0.2, 0.25) is 19.6 Å². The van der Waals surface area contributed by atoms with Crippen molar-refractivity contribution in [3.63, 3.8) is 0 Å². The van der Waals surface area contributed by atoms with Gasteiger partial charge in [0.05, 0.1) is 0 Å². The minimum absolute atomic E-state index is 0.449. The molecule has 0 aromatic heterocycles. The summed E-state index contributed by atoms with van der Waals surface area (Å²) in [6.45, 7) is 7.71. The summed E-state index contributed by atoms with van der Waals surface area (Å²) in [7, 11) is 2.35. The quantitative estimate of drug-likeness (QED) is 0.416. The third-order valence-corrected chi connectivity index (χ3v) is 18.9. The van der Waals surface area contributed by atoms with E-state index in [1.165, 1.54) is 54.8 Å². The molecule has 0 N–H and O–H groups in total. The van der Waals surface area contributed by atoms with Crippen molar-refractivity contribution in [2.75, 3.05) is 18.1 Å². The Kier molecular flexibility index (Phi) is 9.17. The topological polar surface area (TPSA) is 0 Å². The van der Waals surface area contributed by atoms with Crippen LogP contribution in [0.15, 0.2) is 0 Å². The van der Waals surface area contributed by atoms with Crippen LogP contribution in [0.4, 0.5) is 0 Å². The van der Waals surface area contributed by atoms with Crippen molar-refractivity contribution in [2.45, 2.75) is 64.6 Å². The van der Waals surface area contributed by atoms with Gasteiger partial charge >= 0.3 is 0 Å². The van der Waals surface area contributed by atoms with Gasteiger partial charge in [-0.2, -0.15) is 0 Å². The van der Waals surface area contributed by atoms with Crippen molar-refractivity contribution in [1.29, 1.82) is 0 Å². The monoisotopic (exact) mass is 308 g/mol. The molecule has 1 fully saturated rings. The Morgan fingerprint density at radius 2 is 1.47 bits per heavy atom. The molecule has 102 valence electrons. The van der Waals surface area contributed by atoms with E-state index in [-0.39, 0.29) is 0 Å². The zero-order valence-corrected chi connectivity index (χ0v) is 15.9. The molecule has 3 atom stereocenters. The fourth-order valence-electron chi connectivity index (χ4n) is 2.31. The highest BCUT2D eigenvalue weighted by atomic mass is 32.4. The predicted molar refractivity (Wildman–Crippen MR) is 93.8 cm³/mol. The van der Waals surface area contributed by atoms with E-state index in [2.05, 4.69) is 19.6 Å². The molecule has 1 saturated heterocycles. The maximum absolute atomic E-state index is 2.57. The summed E-state index contributed by atoms with van der Waals surface area (Å²) in [4.78, 5) is 0. The van der Waals surface area contributed by atoms with Crippen LogP contribution < -0.4 is 0 Å². The molecular weight excluding hydrogens is 277 g/mol. The highest BCUT2D eigenvalue weighted by molar-refractivity contribution is 8.48. The van der Waals surface area contributed by atoms with Crippen molar-refractivity contribution >= 4 is 31.9 Å². The van der Waals surface area contributed by atoms with Crippen molar-refractivity contribution in [3.8, 4) is 0 Å². The van der Waals surface area contributed by atoms with Crippen LogP contribution in [0.5, 0.6) is 0 Å². The third kappa shape index (κ3) is 10.0. The molecule has 1 aliphatic rings. The first-order valence-corrected chi connectivity index (χ1v) is 16.8. The first-order chi connectivity index (χ1) is 8.08. The fraction of sp³-hybridized carbons (Fsp3) is 1.00. The largest absolute Gasteiger partial charge is 0.0948 e. The maximum Gasteiger partial charge on any atom is 0.0489 e. The second-order valence-corrected chi connectivity index (χ2v) is 21.1. The molecule has 1 rings (SSSR count). The van der Waals surface area contributed by atoms with Gasteiger partial charge in [0.25, 0.3) is 0 Å². The molecule has 0 nitrogen and oxygen atoms in total.